The van der Waals surface area contributed by atoms with Crippen molar-refractivity contribution in [3.8, 4) is 0 Å². The van der Waals surface area contributed by atoms with Crippen LogP contribution in [0.2, 0.25) is 0 Å². The maximum atomic E-state index is 2.35. The van der Waals surface area contributed by atoms with E-state index in [0.29, 0.717) is 0 Å². The molecule has 0 bridgehead atoms. The van der Waals surface area contributed by atoms with E-state index >= 15 is 0 Å². The quantitative estimate of drug-likeness (QED) is 0.563. The van der Waals surface area contributed by atoms with Gasteiger partial charge in [-0.3, -0.25) is 0 Å². The molecule has 1 aliphatic carbocycles. The summed E-state index contributed by atoms with van der Waals surface area (Å²) in [5.74, 6) is 4.61. The van der Waals surface area contributed by atoms with Gasteiger partial charge in [-0.25, -0.2) is 0 Å². The van der Waals surface area contributed by atoms with Crippen LogP contribution in [-0.2, 0) is 0 Å². The van der Waals surface area contributed by atoms with E-state index in [0.717, 1.165) is 17.8 Å². The Balaban J connectivity index is 2.16. The lowest BCUT2D eigenvalue weighted by molar-refractivity contribution is 0.539. The molecule has 0 aromatic rings. The van der Waals surface area contributed by atoms with E-state index in [1.807, 2.05) is 5.92 Å². The first-order valence-corrected chi connectivity index (χ1v) is 4.52. The Hall–Kier alpha value is 0. The topological polar surface area (TPSA) is 0 Å². The van der Waals surface area contributed by atoms with E-state index in [1.54, 1.807) is 0 Å². The van der Waals surface area contributed by atoms with E-state index in [4.69, 9.17) is 0 Å². The molecular weight excluding hydrogens is 120 g/mol. The summed E-state index contributed by atoms with van der Waals surface area (Å²) in [6.07, 6.45) is 2.72. The molecule has 0 heterocycles. The van der Waals surface area contributed by atoms with Crippen molar-refractivity contribution in [2.75, 3.05) is 0 Å². The Morgan fingerprint density at radius 3 is 2.10 bits per heavy atom. The van der Waals surface area contributed by atoms with Crippen molar-refractivity contribution in [1.29, 1.82) is 0 Å². The second-order valence-electron chi connectivity index (χ2n) is 3.87. The normalized spacial score (nSPS) is 36.0. The van der Waals surface area contributed by atoms with Crippen molar-refractivity contribution in [2.45, 2.75) is 40.5 Å². The molecule has 0 aromatic carbocycles. The van der Waals surface area contributed by atoms with Gasteiger partial charge in [0.1, 0.15) is 0 Å². The van der Waals surface area contributed by atoms with E-state index in [9.17, 15) is 0 Å². The monoisotopic (exact) mass is 139 g/mol. The Bertz CT molecular complexity index is 98.6. The molecule has 1 saturated carbocycles. The molecule has 59 valence electrons. The molecule has 1 radical (unpaired) electrons. The van der Waals surface area contributed by atoms with Gasteiger partial charge in [0, 0.05) is 0 Å². The van der Waals surface area contributed by atoms with Crippen molar-refractivity contribution >= 4 is 0 Å². The standard InChI is InChI=1S/C10H19/c1-5-7(2)6-10-8(3)9(10)4/h7-9H,5-6H2,1-4H3. The molecule has 3 atom stereocenters. The summed E-state index contributed by atoms with van der Waals surface area (Å²) in [4.78, 5) is 0. The third kappa shape index (κ3) is 1.53. The molecule has 0 N–H and O–H groups in total. The average Bonchev–Trinajstić information content (AvgIpc) is 2.45. The molecule has 0 amide bonds. The van der Waals surface area contributed by atoms with Crippen LogP contribution >= 0.6 is 0 Å². The van der Waals surface area contributed by atoms with Crippen LogP contribution in [0.5, 0.6) is 0 Å². The lowest BCUT2D eigenvalue weighted by atomic mass is 10.0. The Morgan fingerprint density at radius 2 is 1.80 bits per heavy atom. The number of hydrogen-bond acceptors (Lipinski definition) is 0. The van der Waals surface area contributed by atoms with Gasteiger partial charge in [0.05, 0.1) is 0 Å². The van der Waals surface area contributed by atoms with Gasteiger partial charge in [0.15, 0.2) is 0 Å². The van der Waals surface area contributed by atoms with Gasteiger partial charge in [0.2, 0.25) is 0 Å². The fraction of sp³-hybridized carbons (Fsp3) is 0.900. The van der Waals surface area contributed by atoms with Crippen LogP contribution < -0.4 is 0 Å². The molecule has 0 aromatic heterocycles. The lowest BCUT2D eigenvalue weighted by Gasteiger charge is -2.05. The molecular formula is C10H19. The van der Waals surface area contributed by atoms with Crippen LogP contribution in [0.4, 0.5) is 0 Å². The predicted molar refractivity (Wildman–Crippen MR) is 45.6 cm³/mol. The fourth-order valence-corrected chi connectivity index (χ4v) is 1.57. The van der Waals surface area contributed by atoms with E-state index in [-0.39, 0.29) is 0 Å². The smallest absolute Gasteiger partial charge is 0.0176 e. The lowest BCUT2D eigenvalue weighted by Crippen LogP contribution is -1.93. The predicted octanol–water partition coefficient (Wildman–Crippen LogP) is 3.28. The van der Waals surface area contributed by atoms with Crippen LogP contribution in [0.25, 0.3) is 0 Å². The molecule has 3 unspecified atom stereocenters. The Kier molecular flexibility index (Phi) is 2.38. The molecule has 1 rings (SSSR count). The van der Waals surface area contributed by atoms with Crippen LogP contribution in [0.1, 0.15) is 40.5 Å². The van der Waals surface area contributed by atoms with Gasteiger partial charge in [-0.05, 0) is 30.1 Å². The zero-order valence-electron chi connectivity index (χ0n) is 7.65. The van der Waals surface area contributed by atoms with Crippen LogP contribution in [0.3, 0.4) is 0 Å². The Morgan fingerprint density at radius 1 is 1.30 bits per heavy atom. The summed E-state index contributed by atoms with van der Waals surface area (Å²) in [6, 6.07) is 0. The highest BCUT2D eigenvalue weighted by Crippen LogP contribution is 2.51. The summed E-state index contributed by atoms with van der Waals surface area (Å²) in [6.45, 7) is 9.33. The Labute approximate surface area is 65.0 Å². The molecule has 1 aliphatic rings. The highest BCUT2D eigenvalue weighted by atomic mass is 14.5. The second kappa shape index (κ2) is 2.94. The molecule has 0 aliphatic heterocycles. The minimum atomic E-state index is 0.919. The second-order valence-corrected chi connectivity index (χ2v) is 3.87. The van der Waals surface area contributed by atoms with Gasteiger partial charge in [-0.1, -0.05) is 34.1 Å². The summed E-state index contributed by atoms with van der Waals surface area (Å²) in [7, 11) is 0. The number of rotatable bonds is 3. The average molecular weight is 139 g/mol. The first-order valence-electron chi connectivity index (χ1n) is 4.52. The van der Waals surface area contributed by atoms with Gasteiger partial charge < -0.3 is 0 Å². The molecule has 0 heteroatoms. The largest absolute Gasteiger partial charge is 0.0651 e. The van der Waals surface area contributed by atoms with Gasteiger partial charge >= 0.3 is 0 Å². The molecule has 1 fully saturated rings. The van der Waals surface area contributed by atoms with Gasteiger partial charge in [-0.15, -0.1) is 0 Å². The van der Waals surface area contributed by atoms with Crippen molar-refractivity contribution < 1.29 is 0 Å². The fourth-order valence-electron chi connectivity index (χ4n) is 1.57. The van der Waals surface area contributed by atoms with Gasteiger partial charge in [0.25, 0.3) is 0 Å². The molecule has 0 saturated heterocycles. The summed E-state index contributed by atoms with van der Waals surface area (Å²) in [5, 5.41) is 0. The highest BCUT2D eigenvalue weighted by Gasteiger charge is 2.43. The third-order valence-electron chi connectivity index (χ3n) is 3.09. The first-order chi connectivity index (χ1) is 4.66. The van der Waals surface area contributed by atoms with Crippen molar-refractivity contribution in [3.63, 3.8) is 0 Å². The van der Waals surface area contributed by atoms with Crippen LogP contribution in [0, 0.1) is 23.7 Å². The molecule has 10 heavy (non-hydrogen) atoms. The van der Waals surface area contributed by atoms with E-state index in [2.05, 4.69) is 27.7 Å². The zero-order chi connectivity index (χ0) is 7.72. The van der Waals surface area contributed by atoms with Crippen molar-refractivity contribution in [3.05, 3.63) is 5.92 Å². The van der Waals surface area contributed by atoms with E-state index < -0.39 is 0 Å². The molecule has 0 spiro atoms. The van der Waals surface area contributed by atoms with Gasteiger partial charge in [-0.2, -0.15) is 0 Å². The summed E-state index contributed by atoms with van der Waals surface area (Å²) < 4.78 is 0. The molecule has 0 nitrogen and oxygen atoms in total. The van der Waals surface area contributed by atoms with E-state index in [1.165, 1.54) is 12.8 Å². The van der Waals surface area contributed by atoms with Crippen molar-refractivity contribution in [1.82, 2.24) is 0 Å². The third-order valence-corrected chi connectivity index (χ3v) is 3.09. The maximum absolute atomic E-state index is 2.35. The first kappa shape index (κ1) is 8.10. The van der Waals surface area contributed by atoms with Crippen LogP contribution in [0.15, 0.2) is 0 Å². The summed E-state index contributed by atoms with van der Waals surface area (Å²) in [5.41, 5.74) is 0. The minimum Gasteiger partial charge on any atom is -0.0651 e. The van der Waals surface area contributed by atoms with Crippen molar-refractivity contribution in [2.24, 2.45) is 17.8 Å². The SMILES string of the molecule is CCC(C)C[C]1C(C)C1C. The highest BCUT2D eigenvalue weighted by molar-refractivity contribution is 5.18. The number of hydrogen-bond donors (Lipinski definition) is 0. The minimum absolute atomic E-state index is 0.919. The maximum Gasteiger partial charge on any atom is -0.0176 e. The summed E-state index contributed by atoms with van der Waals surface area (Å²) >= 11 is 0. The van der Waals surface area contributed by atoms with Crippen LogP contribution in [-0.4, -0.2) is 0 Å². The zero-order valence-corrected chi connectivity index (χ0v) is 7.65.